The van der Waals surface area contributed by atoms with Crippen LogP contribution in [0.5, 0.6) is 0 Å². The van der Waals surface area contributed by atoms with Crippen molar-refractivity contribution in [3.8, 4) is 12.3 Å². The van der Waals surface area contributed by atoms with Gasteiger partial charge in [-0.15, -0.1) is 18.2 Å². The summed E-state index contributed by atoms with van der Waals surface area (Å²) in [6.45, 7) is 0. The first-order chi connectivity index (χ1) is 14.3. The molecule has 0 saturated carbocycles. The minimum absolute atomic E-state index is 0.00769. The molecule has 1 saturated heterocycles. The van der Waals surface area contributed by atoms with E-state index in [1.54, 1.807) is 11.8 Å². The van der Waals surface area contributed by atoms with Gasteiger partial charge in [-0.1, -0.05) is 96.9 Å². The fraction of sp³-hybridized carbons (Fsp3) is 0.160. The number of benzene rings is 3. The summed E-state index contributed by atoms with van der Waals surface area (Å²) in [5.41, 5.74) is 2.58. The standard InChI is InChI=1S/C25H22N2OS/c1-2-18-29-24-22(23(28)26-24)27-25(19-12-6-3-7-13-19,20-14-8-4-9-15-20)21-16-10-5-11-17-21/h1,3-17,22,24,27H,18H2,(H,26,28)/t22-,24-/m1/s1. The highest BCUT2D eigenvalue weighted by molar-refractivity contribution is 8.00. The second-order valence-corrected chi connectivity index (χ2v) is 8.04. The van der Waals surface area contributed by atoms with Crippen LogP contribution in [0, 0.1) is 12.3 Å². The van der Waals surface area contributed by atoms with Crippen LogP contribution in [-0.4, -0.2) is 23.1 Å². The van der Waals surface area contributed by atoms with E-state index in [0.717, 1.165) is 16.7 Å². The lowest BCUT2D eigenvalue weighted by Crippen LogP contribution is -2.70. The molecule has 4 heteroatoms. The number of hydrogen-bond acceptors (Lipinski definition) is 3. The number of amides is 1. The highest BCUT2D eigenvalue weighted by atomic mass is 32.2. The molecular formula is C25H22N2OS. The SMILES string of the molecule is C#CCS[C@H]1NC(=O)[C@H]1NC(c1ccccc1)(c1ccccc1)c1ccccc1. The Kier molecular flexibility index (Phi) is 5.71. The molecular weight excluding hydrogens is 376 g/mol. The predicted molar refractivity (Wildman–Crippen MR) is 119 cm³/mol. The third-order valence-corrected chi connectivity index (χ3v) is 6.29. The summed E-state index contributed by atoms with van der Waals surface area (Å²) in [4.78, 5) is 12.5. The number of nitrogens with one attached hydrogen (secondary N) is 2. The first-order valence-electron chi connectivity index (χ1n) is 9.55. The summed E-state index contributed by atoms with van der Waals surface area (Å²) in [5, 5.41) is 6.63. The van der Waals surface area contributed by atoms with Crippen molar-refractivity contribution in [1.82, 2.24) is 10.6 Å². The lowest BCUT2D eigenvalue weighted by Gasteiger charge is -2.45. The van der Waals surface area contributed by atoms with Crippen molar-refractivity contribution in [1.29, 1.82) is 0 Å². The van der Waals surface area contributed by atoms with Crippen molar-refractivity contribution in [3.05, 3.63) is 108 Å². The molecule has 2 atom stereocenters. The zero-order valence-electron chi connectivity index (χ0n) is 15.9. The molecule has 0 aliphatic carbocycles. The first-order valence-corrected chi connectivity index (χ1v) is 10.6. The fourth-order valence-electron chi connectivity index (χ4n) is 3.82. The molecule has 0 unspecified atom stereocenters. The lowest BCUT2D eigenvalue weighted by molar-refractivity contribution is -0.129. The minimum Gasteiger partial charge on any atom is -0.341 e. The highest BCUT2D eigenvalue weighted by Gasteiger charge is 2.47. The zero-order valence-corrected chi connectivity index (χ0v) is 16.7. The third kappa shape index (κ3) is 3.67. The van der Waals surface area contributed by atoms with Crippen molar-refractivity contribution < 1.29 is 4.79 Å². The topological polar surface area (TPSA) is 41.1 Å². The van der Waals surface area contributed by atoms with Gasteiger partial charge < -0.3 is 5.32 Å². The maximum absolute atomic E-state index is 12.5. The number of terminal acetylenes is 1. The van der Waals surface area contributed by atoms with Crippen LogP contribution in [0.3, 0.4) is 0 Å². The van der Waals surface area contributed by atoms with Crippen LogP contribution in [0.25, 0.3) is 0 Å². The minimum atomic E-state index is -0.666. The third-order valence-electron chi connectivity index (χ3n) is 5.21. The van der Waals surface area contributed by atoms with Crippen molar-refractivity contribution >= 4 is 17.7 Å². The normalized spacial score (nSPS) is 18.4. The van der Waals surface area contributed by atoms with Gasteiger partial charge in [-0.3, -0.25) is 10.1 Å². The molecule has 3 aromatic carbocycles. The molecule has 0 bridgehead atoms. The number of β-lactam (4-membered cyclic amide) rings is 1. The molecule has 0 aromatic heterocycles. The molecule has 1 heterocycles. The van der Waals surface area contributed by atoms with Crippen LogP contribution in [0.1, 0.15) is 16.7 Å². The largest absolute Gasteiger partial charge is 0.341 e. The van der Waals surface area contributed by atoms with E-state index in [4.69, 9.17) is 6.42 Å². The molecule has 144 valence electrons. The molecule has 0 spiro atoms. The number of hydrogen-bond donors (Lipinski definition) is 2. The van der Waals surface area contributed by atoms with E-state index >= 15 is 0 Å². The smallest absolute Gasteiger partial charge is 0.241 e. The Labute approximate surface area is 175 Å². The van der Waals surface area contributed by atoms with Crippen molar-refractivity contribution in [2.45, 2.75) is 17.0 Å². The Balaban J connectivity index is 1.87. The molecule has 29 heavy (non-hydrogen) atoms. The summed E-state index contributed by atoms with van der Waals surface area (Å²) in [6.07, 6.45) is 5.43. The zero-order chi connectivity index (χ0) is 20.1. The van der Waals surface area contributed by atoms with Gasteiger partial charge in [-0.2, -0.15) is 0 Å². The van der Waals surface area contributed by atoms with Gasteiger partial charge in [0.15, 0.2) is 0 Å². The molecule has 3 aromatic rings. The van der Waals surface area contributed by atoms with Crippen molar-refractivity contribution in [2.75, 3.05) is 5.75 Å². The van der Waals surface area contributed by atoms with Crippen LogP contribution in [-0.2, 0) is 10.3 Å². The van der Waals surface area contributed by atoms with Crippen molar-refractivity contribution in [2.24, 2.45) is 0 Å². The maximum atomic E-state index is 12.5. The summed E-state index contributed by atoms with van der Waals surface area (Å²) in [7, 11) is 0. The van der Waals surface area contributed by atoms with Gasteiger partial charge in [0.25, 0.3) is 0 Å². The summed E-state index contributed by atoms with van der Waals surface area (Å²) in [6, 6.07) is 30.5. The number of thioether (sulfide) groups is 1. The van der Waals surface area contributed by atoms with E-state index in [9.17, 15) is 4.79 Å². The van der Waals surface area contributed by atoms with Gasteiger partial charge in [0.2, 0.25) is 5.91 Å². The van der Waals surface area contributed by atoms with E-state index in [0.29, 0.717) is 5.75 Å². The van der Waals surface area contributed by atoms with E-state index < -0.39 is 5.54 Å². The Hall–Kier alpha value is -3.00. The molecule has 2 N–H and O–H groups in total. The summed E-state index contributed by atoms with van der Waals surface area (Å²) in [5.74, 6) is 3.19. The van der Waals surface area contributed by atoms with Gasteiger partial charge in [-0.25, -0.2) is 0 Å². The average molecular weight is 399 g/mol. The first kappa shape index (κ1) is 19.3. The van der Waals surface area contributed by atoms with Gasteiger partial charge in [-0.05, 0) is 16.7 Å². The monoisotopic (exact) mass is 398 g/mol. The lowest BCUT2D eigenvalue weighted by atomic mass is 9.76. The molecule has 1 aliphatic rings. The fourth-order valence-corrected chi connectivity index (χ4v) is 4.68. The second kappa shape index (κ2) is 8.57. The summed E-state index contributed by atoms with van der Waals surface area (Å²) < 4.78 is 0. The average Bonchev–Trinajstić information content (AvgIpc) is 2.79. The number of carbonyl (C=O) groups excluding carboxylic acids is 1. The molecule has 3 nitrogen and oxygen atoms in total. The van der Waals surface area contributed by atoms with Crippen LogP contribution >= 0.6 is 11.8 Å². The number of rotatable bonds is 7. The number of carbonyl (C=O) groups is 1. The molecule has 1 fully saturated rings. The molecule has 4 rings (SSSR count). The van der Waals surface area contributed by atoms with Gasteiger partial charge in [0.1, 0.15) is 11.4 Å². The second-order valence-electron chi connectivity index (χ2n) is 6.91. The van der Waals surface area contributed by atoms with E-state index in [1.807, 2.05) is 54.6 Å². The highest BCUT2D eigenvalue weighted by Crippen LogP contribution is 2.38. The van der Waals surface area contributed by atoms with Crippen LogP contribution in [0.2, 0.25) is 0 Å². The van der Waals surface area contributed by atoms with Crippen LogP contribution < -0.4 is 10.6 Å². The quantitative estimate of drug-likeness (QED) is 0.362. The van der Waals surface area contributed by atoms with E-state index in [-0.39, 0.29) is 17.3 Å². The molecule has 0 radical (unpaired) electrons. The Morgan fingerprint density at radius 2 is 1.31 bits per heavy atom. The van der Waals surface area contributed by atoms with Crippen molar-refractivity contribution in [3.63, 3.8) is 0 Å². The Bertz CT molecular complexity index is 903. The van der Waals surface area contributed by atoms with E-state index in [1.165, 1.54) is 0 Å². The van der Waals surface area contributed by atoms with Gasteiger partial charge in [0.05, 0.1) is 11.3 Å². The molecule has 1 aliphatic heterocycles. The Morgan fingerprint density at radius 1 is 0.862 bits per heavy atom. The molecule has 1 amide bonds. The van der Waals surface area contributed by atoms with E-state index in [2.05, 4.69) is 53.0 Å². The Morgan fingerprint density at radius 3 is 1.69 bits per heavy atom. The van der Waals surface area contributed by atoms with Gasteiger partial charge in [0, 0.05) is 0 Å². The van der Waals surface area contributed by atoms with Gasteiger partial charge >= 0.3 is 0 Å². The summed E-state index contributed by atoms with van der Waals surface area (Å²) >= 11 is 1.57. The predicted octanol–water partition coefficient (Wildman–Crippen LogP) is 3.76. The van der Waals surface area contributed by atoms with Crippen LogP contribution in [0.15, 0.2) is 91.0 Å². The van der Waals surface area contributed by atoms with Crippen LogP contribution in [0.4, 0.5) is 0 Å². The maximum Gasteiger partial charge on any atom is 0.241 e.